The summed E-state index contributed by atoms with van der Waals surface area (Å²) < 4.78 is 25.1. The van der Waals surface area contributed by atoms with Gasteiger partial charge in [-0.05, 0) is 53.6 Å². The Bertz CT molecular complexity index is 1050. The fourth-order valence-electron chi connectivity index (χ4n) is 3.76. The number of piperidine rings is 1. The maximum absolute atomic E-state index is 13.3. The molecule has 4 rings (SSSR count). The van der Waals surface area contributed by atoms with E-state index in [-0.39, 0.29) is 24.4 Å². The van der Waals surface area contributed by atoms with Crippen molar-refractivity contribution in [1.82, 2.24) is 9.88 Å². The van der Waals surface area contributed by atoms with Gasteiger partial charge in [-0.1, -0.05) is 18.2 Å². The molecule has 0 atom stereocenters. The van der Waals surface area contributed by atoms with E-state index in [0.29, 0.717) is 37.6 Å². The van der Waals surface area contributed by atoms with Gasteiger partial charge in [-0.15, -0.1) is 0 Å². The largest absolute Gasteiger partial charge is 0.490 e. The minimum Gasteiger partial charge on any atom is -0.490 e. The van der Waals surface area contributed by atoms with Crippen molar-refractivity contribution in [3.05, 3.63) is 89.5 Å². The molecule has 0 unspecified atom stereocenters. The molecule has 0 aliphatic carbocycles. The van der Waals surface area contributed by atoms with Crippen LogP contribution in [0, 0.1) is 5.82 Å². The Morgan fingerprint density at radius 2 is 1.79 bits per heavy atom. The highest BCUT2D eigenvalue weighted by atomic mass is 19.1. The van der Waals surface area contributed by atoms with Crippen LogP contribution in [0.25, 0.3) is 0 Å². The summed E-state index contributed by atoms with van der Waals surface area (Å²) in [6.07, 6.45) is 3.54. The molecule has 172 valence electrons. The van der Waals surface area contributed by atoms with Gasteiger partial charge in [-0.2, -0.15) is 0 Å². The van der Waals surface area contributed by atoms with E-state index in [1.165, 1.54) is 12.1 Å². The van der Waals surface area contributed by atoms with Crippen LogP contribution in [0.15, 0.2) is 66.9 Å². The van der Waals surface area contributed by atoms with Crippen molar-refractivity contribution in [2.24, 2.45) is 0 Å². The molecule has 3 aromatic rings. The molecular weight excluding hydrogens is 423 g/mol. The van der Waals surface area contributed by atoms with E-state index in [0.717, 1.165) is 29.7 Å². The smallest absolute Gasteiger partial charge is 0.227 e. The molecule has 0 saturated carbocycles. The number of aromatic nitrogens is 1. The number of amides is 1. The molecule has 0 radical (unpaired) electrons. The van der Waals surface area contributed by atoms with Gasteiger partial charge >= 0.3 is 0 Å². The number of halogens is 1. The zero-order valence-electron chi connectivity index (χ0n) is 18.3. The second kappa shape index (κ2) is 10.9. The van der Waals surface area contributed by atoms with Gasteiger partial charge in [0.25, 0.3) is 0 Å². The number of nitrogens with zero attached hydrogens (tertiary/aromatic N) is 2. The number of benzene rings is 2. The molecule has 1 fully saturated rings. The average Bonchev–Trinajstić information content (AvgIpc) is 2.84. The summed E-state index contributed by atoms with van der Waals surface area (Å²) in [7, 11) is 0. The van der Waals surface area contributed by atoms with E-state index in [1.807, 2.05) is 41.3 Å². The predicted octanol–water partition coefficient (Wildman–Crippen LogP) is 3.90. The summed E-state index contributed by atoms with van der Waals surface area (Å²) in [6.45, 7) is 1.50. The highest BCUT2D eigenvalue weighted by Crippen LogP contribution is 2.23. The van der Waals surface area contributed by atoms with Gasteiger partial charge in [0.2, 0.25) is 5.91 Å². The van der Waals surface area contributed by atoms with Gasteiger partial charge in [-0.25, -0.2) is 4.39 Å². The molecule has 1 aromatic heterocycles. The molecule has 2 aromatic carbocycles. The molecule has 1 N–H and O–H groups in total. The van der Waals surface area contributed by atoms with Crippen LogP contribution in [0.4, 0.5) is 4.39 Å². The third kappa shape index (κ3) is 6.52. The lowest BCUT2D eigenvalue weighted by Gasteiger charge is -2.32. The van der Waals surface area contributed by atoms with Crippen LogP contribution in [-0.2, 0) is 24.4 Å². The third-order valence-electron chi connectivity index (χ3n) is 5.62. The number of aliphatic hydroxyl groups is 1. The molecule has 6 nitrogen and oxygen atoms in total. The second-order valence-corrected chi connectivity index (χ2v) is 8.08. The minimum absolute atomic E-state index is 0.0543. The van der Waals surface area contributed by atoms with Crippen LogP contribution >= 0.6 is 0 Å². The van der Waals surface area contributed by atoms with E-state index < -0.39 is 0 Å². The Kier molecular flexibility index (Phi) is 7.52. The standard InChI is InChI=1S/C26H27FN2O4/c27-21-3-1-2-20(14-21)18-32-23-6-8-24(9-7-23)33-25-10-12-29(13-11-25)26(31)15-19-4-5-22(17-30)28-16-19/h1-9,14,16,25,30H,10-13,15,17-18H2. The summed E-state index contributed by atoms with van der Waals surface area (Å²) >= 11 is 0. The number of ether oxygens (including phenoxy) is 2. The Morgan fingerprint density at radius 3 is 2.45 bits per heavy atom. The molecule has 1 aliphatic rings. The molecular formula is C26H27FN2O4. The lowest BCUT2D eigenvalue weighted by Crippen LogP contribution is -2.42. The topological polar surface area (TPSA) is 71.9 Å². The minimum atomic E-state index is -0.277. The van der Waals surface area contributed by atoms with Gasteiger partial charge in [0.05, 0.1) is 18.7 Å². The van der Waals surface area contributed by atoms with Crippen LogP contribution in [0.5, 0.6) is 11.5 Å². The van der Waals surface area contributed by atoms with Crippen LogP contribution < -0.4 is 9.47 Å². The van der Waals surface area contributed by atoms with Crippen molar-refractivity contribution >= 4 is 5.91 Å². The second-order valence-electron chi connectivity index (χ2n) is 8.08. The van der Waals surface area contributed by atoms with Crippen LogP contribution in [0.2, 0.25) is 0 Å². The number of pyridine rings is 1. The Morgan fingerprint density at radius 1 is 1.03 bits per heavy atom. The summed E-state index contributed by atoms with van der Waals surface area (Å²) in [5.41, 5.74) is 2.21. The summed E-state index contributed by atoms with van der Waals surface area (Å²) in [5, 5.41) is 9.07. The first kappa shape index (κ1) is 22.7. The first-order valence-electron chi connectivity index (χ1n) is 11.1. The van der Waals surface area contributed by atoms with Crippen molar-refractivity contribution in [3.63, 3.8) is 0 Å². The van der Waals surface area contributed by atoms with Crippen LogP contribution in [0.3, 0.4) is 0 Å². The molecule has 33 heavy (non-hydrogen) atoms. The SMILES string of the molecule is O=C(Cc1ccc(CO)nc1)N1CCC(Oc2ccc(OCc3cccc(F)c3)cc2)CC1. The van der Waals surface area contributed by atoms with Gasteiger partial charge in [0.1, 0.15) is 30.0 Å². The van der Waals surface area contributed by atoms with E-state index >= 15 is 0 Å². The molecule has 1 saturated heterocycles. The van der Waals surface area contributed by atoms with E-state index in [4.69, 9.17) is 14.6 Å². The number of hydrogen-bond donors (Lipinski definition) is 1. The molecule has 0 spiro atoms. The summed E-state index contributed by atoms with van der Waals surface area (Å²) in [6, 6.07) is 17.3. The maximum atomic E-state index is 13.3. The van der Waals surface area contributed by atoms with E-state index in [9.17, 15) is 9.18 Å². The summed E-state index contributed by atoms with van der Waals surface area (Å²) in [4.78, 5) is 18.6. The molecule has 1 amide bonds. The lowest BCUT2D eigenvalue weighted by atomic mass is 10.1. The number of hydrogen-bond acceptors (Lipinski definition) is 5. The Hall–Kier alpha value is -3.45. The van der Waals surface area contributed by atoms with Crippen molar-refractivity contribution < 1.29 is 23.8 Å². The predicted molar refractivity (Wildman–Crippen MR) is 121 cm³/mol. The number of likely N-dealkylation sites (tertiary alicyclic amines) is 1. The first-order valence-corrected chi connectivity index (χ1v) is 11.1. The zero-order chi connectivity index (χ0) is 23.0. The van der Waals surface area contributed by atoms with E-state index in [2.05, 4.69) is 4.98 Å². The molecule has 0 bridgehead atoms. The quantitative estimate of drug-likeness (QED) is 0.564. The average molecular weight is 451 g/mol. The van der Waals surface area contributed by atoms with Gasteiger partial charge < -0.3 is 19.5 Å². The number of aliphatic hydroxyl groups excluding tert-OH is 1. The third-order valence-corrected chi connectivity index (χ3v) is 5.62. The van der Waals surface area contributed by atoms with Crippen molar-refractivity contribution in [3.8, 4) is 11.5 Å². The number of rotatable bonds is 8. The van der Waals surface area contributed by atoms with Crippen molar-refractivity contribution in [2.75, 3.05) is 13.1 Å². The molecule has 7 heteroatoms. The molecule has 1 aliphatic heterocycles. The number of carbonyl (C=O) groups excluding carboxylic acids is 1. The fourth-order valence-corrected chi connectivity index (χ4v) is 3.76. The van der Waals surface area contributed by atoms with Crippen molar-refractivity contribution in [2.45, 2.75) is 38.6 Å². The maximum Gasteiger partial charge on any atom is 0.227 e. The first-order chi connectivity index (χ1) is 16.1. The normalized spacial score (nSPS) is 14.2. The van der Waals surface area contributed by atoms with Gasteiger partial charge in [-0.3, -0.25) is 9.78 Å². The van der Waals surface area contributed by atoms with Gasteiger partial charge in [0.15, 0.2) is 0 Å². The zero-order valence-corrected chi connectivity index (χ0v) is 18.3. The fraction of sp³-hybridized carbons (Fsp3) is 0.308. The van der Waals surface area contributed by atoms with Crippen molar-refractivity contribution in [1.29, 1.82) is 0 Å². The molecule has 2 heterocycles. The monoisotopic (exact) mass is 450 g/mol. The number of carbonyl (C=O) groups is 1. The Balaban J connectivity index is 1.21. The Labute approximate surface area is 192 Å². The van der Waals surface area contributed by atoms with E-state index in [1.54, 1.807) is 18.3 Å². The lowest BCUT2D eigenvalue weighted by molar-refractivity contribution is -0.132. The summed E-state index contributed by atoms with van der Waals surface area (Å²) in [5.74, 6) is 1.24. The van der Waals surface area contributed by atoms with Gasteiger partial charge in [0, 0.05) is 32.1 Å². The highest BCUT2D eigenvalue weighted by molar-refractivity contribution is 5.78. The van der Waals surface area contributed by atoms with Crippen LogP contribution in [-0.4, -0.2) is 40.1 Å². The van der Waals surface area contributed by atoms with Crippen LogP contribution in [0.1, 0.15) is 29.7 Å². The highest BCUT2D eigenvalue weighted by Gasteiger charge is 2.24.